The van der Waals surface area contributed by atoms with E-state index >= 15 is 0 Å². The van der Waals surface area contributed by atoms with Gasteiger partial charge in [-0.3, -0.25) is 4.79 Å². The number of carboxylic acids is 1. The third-order valence-corrected chi connectivity index (χ3v) is 8.17. The second-order valence-corrected chi connectivity index (χ2v) is 12.4. The standard InChI is InChI=1S/C38H72O3/c1-2-3-4-5-6-7-8-9-10-15-18-21-24-27-30-33-36-41-37-34-31-28-25-22-19-16-13-11-12-14-17-20-23-26-29-32-35-38(39)40/h6-7,9-10H,2-5,8,11-37H2,1H3,(H,39,40)/b7-6-,10-9-. The molecule has 0 aromatic heterocycles. The summed E-state index contributed by atoms with van der Waals surface area (Å²) in [6.07, 6.45) is 47.7. The maximum atomic E-state index is 10.5. The summed E-state index contributed by atoms with van der Waals surface area (Å²) in [6.45, 7) is 4.19. The highest BCUT2D eigenvalue weighted by Crippen LogP contribution is 2.14. The summed E-state index contributed by atoms with van der Waals surface area (Å²) in [6, 6.07) is 0. The van der Waals surface area contributed by atoms with E-state index in [9.17, 15) is 4.79 Å². The van der Waals surface area contributed by atoms with E-state index < -0.39 is 5.97 Å². The molecule has 0 rings (SSSR count). The van der Waals surface area contributed by atoms with Crippen LogP contribution >= 0.6 is 0 Å². The second kappa shape index (κ2) is 36.9. The predicted octanol–water partition coefficient (Wildman–Crippen LogP) is 12.9. The van der Waals surface area contributed by atoms with Gasteiger partial charge in [0.25, 0.3) is 0 Å². The molecule has 0 aliphatic rings. The SMILES string of the molecule is CCCCC/C=C\C/C=C\CCCCCCCCOCCCCCCCCCCCCCCCCCCCC(=O)O. The van der Waals surface area contributed by atoms with Crippen LogP contribution in [0.3, 0.4) is 0 Å². The molecule has 0 saturated carbocycles. The quantitative estimate of drug-likeness (QED) is 0.0603. The number of rotatable bonds is 35. The van der Waals surface area contributed by atoms with E-state index in [1.807, 2.05) is 0 Å². The lowest BCUT2D eigenvalue weighted by molar-refractivity contribution is -0.137. The number of aliphatic carboxylic acids is 1. The topological polar surface area (TPSA) is 46.5 Å². The van der Waals surface area contributed by atoms with Gasteiger partial charge in [0.05, 0.1) is 0 Å². The fraction of sp³-hybridized carbons (Fsp3) is 0.868. The summed E-state index contributed by atoms with van der Waals surface area (Å²) in [5.41, 5.74) is 0. The van der Waals surface area contributed by atoms with Gasteiger partial charge in [0.15, 0.2) is 0 Å². The average molecular weight is 577 g/mol. The van der Waals surface area contributed by atoms with Crippen LogP contribution in [0.5, 0.6) is 0 Å². The molecule has 0 atom stereocenters. The minimum Gasteiger partial charge on any atom is -0.481 e. The molecule has 3 heteroatoms. The molecule has 0 radical (unpaired) electrons. The lowest BCUT2D eigenvalue weighted by Crippen LogP contribution is -1.97. The first-order valence-corrected chi connectivity index (χ1v) is 18.4. The first-order valence-electron chi connectivity index (χ1n) is 18.4. The van der Waals surface area contributed by atoms with Crippen molar-refractivity contribution in [3.63, 3.8) is 0 Å². The molecule has 0 aliphatic carbocycles. The molecule has 0 fully saturated rings. The van der Waals surface area contributed by atoms with Gasteiger partial charge in [0.2, 0.25) is 0 Å². The molecule has 1 N–H and O–H groups in total. The highest BCUT2D eigenvalue weighted by atomic mass is 16.5. The van der Waals surface area contributed by atoms with Crippen LogP contribution in [0.25, 0.3) is 0 Å². The first-order chi connectivity index (χ1) is 20.3. The van der Waals surface area contributed by atoms with Crippen molar-refractivity contribution in [3.8, 4) is 0 Å². The largest absolute Gasteiger partial charge is 0.481 e. The van der Waals surface area contributed by atoms with Gasteiger partial charge in [-0.25, -0.2) is 0 Å². The zero-order valence-corrected chi connectivity index (χ0v) is 27.7. The smallest absolute Gasteiger partial charge is 0.303 e. The zero-order valence-electron chi connectivity index (χ0n) is 27.7. The highest BCUT2D eigenvalue weighted by Gasteiger charge is 1.98. The van der Waals surface area contributed by atoms with Gasteiger partial charge in [-0.1, -0.05) is 166 Å². The molecule has 0 aromatic rings. The van der Waals surface area contributed by atoms with Gasteiger partial charge < -0.3 is 9.84 Å². The molecule has 0 aromatic carbocycles. The van der Waals surface area contributed by atoms with Crippen molar-refractivity contribution in [2.24, 2.45) is 0 Å². The van der Waals surface area contributed by atoms with Crippen molar-refractivity contribution in [3.05, 3.63) is 24.3 Å². The van der Waals surface area contributed by atoms with E-state index in [0.717, 1.165) is 32.5 Å². The summed E-state index contributed by atoms with van der Waals surface area (Å²) >= 11 is 0. The minimum absolute atomic E-state index is 0.340. The molecule has 3 nitrogen and oxygen atoms in total. The Hall–Kier alpha value is -1.09. The number of hydrogen-bond acceptors (Lipinski definition) is 2. The van der Waals surface area contributed by atoms with Crippen LogP contribution < -0.4 is 0 Å². The van der Waals surface area contributed by atoms with Crippen molar-refractivity contribution in [2.45, 2.75) is 200 Å². The lowest BCUT2D eigenvalue weighted by Gasteiger charge is -2.05. The van der Waals surface area contributed by atoms with Gasteiger partial charge in [0.1, 0.15) is 0 Å². The van der Waals surface area contributed by atoms with Gasteiger partial charge in [0, 0.05) is 19.6 Å². The van der Waals surface area contributed by atoms with Crippen molar-refractivity contribution >= 4 is 5.97 Å². The monoisotopic (exact) mass is 577 g/mol. The van der Waals surface area contributed by atoms with E-state index in [4.69, 9.17) is 9.84 Å². The zero-order chi connectivity index (χ0) is 29.7. The van der Waals surface area contributed by atoms with E-state index in [-0.39, 0.29) is 0 Å². The van der Waals surface area contributed by atoms with Crippen LogP contribution in [0.4, 0.5) is 0 Å². The minimum atomic E-state index is -0.654. The van der Waals surface area contributed by atoms with Crippen molar-refractivity contribution in [2.75, 3.05) is 13.2 Å². The first kappa shape index (κ1) is 39.9. The van der Waals surface area contributed by atoms with Crippen LogP contribution in [-0.4, -0.2) is 24.3 Å². The van der Waals surface area contributed by atoms with Gasteiger partial charge >= 0.3 is 5.97 Å². The Balaban J connectivity index is 3.09. The van der Waals surface area contributed by atoms with E-state index in [1.165, 1.54) is 167 Å². The highest BCUT2D eigenvalue weighted by molar-refractivity contribution is 5.66. The molecule has 0 amide bonds. The van der Waals surface area contributed by atoms with Crippen LogP contribution in [0.1, 0.15) is 200 Å². The molecule has 0 heterocycles. The van der Waals surface area contributed by atoms with E-state index in [0.29, 0.717) is 6.42 Å². The third kappa shape index (κ3) is 38.9. The van der Waals surface area contributed by atoms with Crippen molar-refractivity contribution in [1.29, 1.82) is 0 Å². The molecule has 242 valence electrons. The molecular formula is C38H72O3. The Morgan fingerprint density at radius 2 is 0.805 bits per heavy atom. The van der Waals surface area contributed by atoms with Gasteiger partial charge in [-0.05, 0) is 51.4 Å². The summed E-state index contributed by atoms with van der Waals surface area (Å²) in [7, 11) is 0. The van der Waals surface area contributed by atoms with Crippen LogP contribution in [0, 0.1) is 0 Å². The fourth-order valence-corrected chi connectivity index (χ4v) is 5.43. The summed E-state index contributed by atoms with van der Waals surface area (Å²) < 4.78 is 5.86. The third-order valence-electron chi connectivity index (χ3n) is 8.17. The molecule has 41 heavy (non-hydrogen) atoms. The molecule has 0 unspecified atom stereocenters. The maximum absolute atomic E-state index is 10.5. The second-order valence-electron chi connectivity index (χ2n) is 12.4. The molecule has 0 saturated heterocycles. The fourth-order valence-electron chi connectivity index (χ4n) is 5.43. The maximum Gasteiger partial charge on any atom is 0.303 e. The van der Waals surface area contributed by atoms with Crippen LogP contribution in [-0.2, 0) is 9.53 Å². The molecule has 0 spiro atoms. The van der Waals surface area contributed by atoms with E-state index in [2.05, 4.69) is 31.2 Å². The molecule has 0 aliphatic heterocycles. The lowest BCUT2D eigenvalue weighted by atomic mass is 10.0. The van der Waals surface area contributed by atoms with E-state index in [1.54, 1.807) is 0 Å². The number of carboxylic acid groups (broad SMARTS) is 1. The average Bonchev–Trinajstić information content (AvgIpc) is 2.97. The van der Waals surface area contributed by atoms with Crippen LogP contribution in [0.15, 0.2) is 24.3 Å². The normalized spacial score (nSPS) is 11.8. The summed E-state index contributed by atoms with van der Waals surface area (Å²) in [5.74, 6) is -0.654. The number of carbonyl (C=O) groups is 1. The Morgan fingerprint density at radius 3 is 1.20 bits per heavy atom. The summed E-state index contributed by atoms with van der Waals surface area (Å²) in [5, 5.41) is 8.63. The van der Waals surface area contributed by atoms with Gasteiger partial charge in [-0.2, -0.15) is 0 Å². The Morgan fingerprint density at radius 1 is 0.463 bits per heavy atom. The van der Waals surface area contributed by atoms with Crippen molar-refractivity contribution in [1.82, 2.24) is 0 Å². The number of ether oxygens (including phenoxy) is 1. The Bertz CT molecular complexity index is 554. The number of unbranched alkanes of at least 4 members (excludes halogenated alkanes) is 25. The summed E-state index contributed by atoms with van der Waals surface area (Å²) in [4.78, 5) is 10.5. The Kier molecular flexibility index (Phi) is 36.0. The van der Waals surface area contributed by atoms with Crippen LogP contribution in [0.2, 0.25) is 0 Å². The van der Waals surface area contributed by atoms with Crippen molar-refractivity contribution < 1.29 is 14.6 Å². The number of allylic oxidation sites excluding steroid dienone is 4. The predicted molar refractivity (Wildman–Crippen MR) is 181 cm³/mol. The van der Waals surface area contributed by atoms with Gasteiger partial charge in [-0.15, -0.1) is 0 Å². The molecular weight excluding hydrogens is 504 g/mol. The molecule has 0 bridgehead atoms. The number of hydrogen-bond donors (Lipinski definition) is 1. The Labute approximate surface area is 257 Å².